The van der Waals surface area contributed by atoms with E-state index in [1.165, 1.54) is 10.8 Å². The average Bonchev–Trinajstić information content (AvgIpc) is 3.91. The molecule has 238 valence electrons. The number of nitrogens with zero attached hydrogens (tertiary/aromatic N) is 4. The molecule has 0 atom stereocenters. The summed E-state index contributed by atoms with van der Waals surface area (Å²) in [7, 11) is 0. The van der Waals surface area contributed by atoms with Gasteiger partial charge in [-0.1, -0.05) is 103 Å². The topological polar surface area (TPSA) is 56.7 Å². The third-order valence-corrected chi connectivity index (χ3v) is 10.8. The Bertz CT molecular complexity index is 3380. The molecule has 5 nitrogen and oxygen atoms in total. The van der Waals surface area contributed by atoms with Crippen molar-refractivity contribution in [3.8, 4) is 39.9 Å². The molecule has 0 aliphatic heterocycles. The number of hydrogen-bond acceptors (Lipinski definition) is 5. The van der Waals surface area contributed by atoms with E-state index < -0.39 is 18.1 Å². The highest BCUT2D eigenvalue weighted by Gasteiger charge is 2.18. The quantitative estimate of drug-likeness (QED) is 0.186. The monoisotopic (exact) mass is 675 g/mol. The third kappa shape index (κ3) is 4.37. The Kier molecular flexibility index (Phi) is 5.08. The molecule has 0 saturated heterocycles. The van der Waals surface area contributed by atoms with Crippen LogP contribution in [0.2, 0.25) is 0 Å². The molecule has 0 fully saturated rings. The predicted molar refractivity (Wildman–Crippen MR) is 211 cm³/mol. The van der Waals surface area contributed by atoms with Gasteiger partial charge < -0.3 is 8.98 Å². The molecule has 4 heterocycles. The first kappa shape index (κ1) is 23.7. The van der Waals surface area contributed by atoms with Gasteiger partial charge in [-0.3, -0.25) is 0 Å². The lowest BCUT2D eigenvalue weighted by atomic mass is 10.1. The maximum atomic E-state index is 8.76. The van der Waals surface area contributed by atoms with E-state index in [9.17, 15) is 0 Å². The van der Waals surface area contributed by atoms with Crippen LogP contribution < -0.4 is 0 Å². The van der Waals surface area contributed by atoms with Crippen molar-refractivity contribution in [3.05, 3.63) is 158 Å². The van der Waals surface area contributed by atoms with Crippen LogP contribution in [-0.2, 0) is 0 Å². The molecule has 0 amide bonds. The summed E-state index contributed by atoms with van der Waals surface area (Å²) in [6.45, 7) is 0. The van der Waals surface area contributed by atoms with Crippen LogP contribution in [0.3, 0.4) is 0 Å². The van der Waals surface area contributed by atoms with E-state index in [1.54, 1.807) is 11.3 Å². The second-order valence-corrected chi connectivity index (χ2v) is 13.5. The van der Waals surface area contributed by atoms with E-state index in [1.807, 2.05) is 48.5 Å². The van der Waals surface area contributed by atoms with Gasteiger partial charge in [0.25, 0.3) is 0 Å². The largest absolute Gasteiger partial charge is 0.456 e. The Morgan fingerprint density at radius 3 is 1.86 bits per heavy atom. The number of aromatic nitrogens is 4. The smallest absolute Gasteiger partial charge is 0.164 e. The van der Waals surface area contributed by atoms with Gasteiger partial charge in [-0.2, -0.15) is 0 Å². The molecule has 11 aromatic rings. The Balaban J connectivity index is 1.13. The van der Waals surface area contributed by atoms with Gasteiger partial charge in [-0.15, -0.1) is 11.3 Å². The van der Waals surface area contributed by atoms with E-state index in [0.717, 1.165) is 53.2 Å². The lowest BCUT2D eigenvalue weighted by Crippen LogP contribution is -2.00. The Morgan fingerprint density at radius 1 is 0.490 bits per heavy atom. The molecule has 4 aromatic heterocycles. The normalized spacial score (nSPS) is 13.3. The Labute approximate surface area is 302 Å². The van der Waals surface area contributed by atoms with Gasteiger partial charge in [0.05, 0.1) is 28.3 Å². The molecule has 0 radical (unpaired) electrons. The molecule has 6 heteroatoms. The molecule has 0 bridgehead atoms. The summed E-state index contributed by atoms with van der Waals surface area (Å²) < 4.78 is 53.2. The summed E-state index contributed by atoms with van der Waals surface area (Å²) in [6.07, 6.45) is 0. The SMILES string of the molecule is [2H]c1c([2H])c([2H])c(-c2nc(-c3ccc4c(c3)oc3ccccc34)nc(-c3ccc4sc5c(-n6c7ccccc7c7ccccc76)cccc5c4c3)n2)c([2H])c1[2H]. The number of furan rings is 1. The number of benzene rings is 7. The standard InChI is InChI=1S/C45H26N4OS/c1-2-11-27(12-3-1)43-46-44(48-45(47-43)29-21-23-33-32-15-6-9-20-39(32)50-40(33)26-29)28-22-24-41-35(25-28)34-16-10-19-38(42(34)51-41)49-36-17-7-4-13-30(36)31-14-5-8-18-37(31)49/h1-26H/i1D,2D,3D,11D,12D. The van der Waals surface area contributed by atoms with Gasteiger partial charge in [-0.25, -0.2) is 15.0 Å². The number of thiophene rings is 1. The van der Waals surface area contributed by atoms with Crippen LogP contribution >= 0.6 is 11.3 Å². The first-order valence-electron chi connectivity index (χ1n) is 19.0. The summed E-state index contributed by atoms with van der Waals surface area (Å²) in [5.74, 6) is 0.569. The van der Waals surface area contributed by atoms with Crippen LogP contribution in [0.4, 0.5) is 0 Å². The second-order valence-electron chi connectivity index (χ2n) is 12.5. The Hall–Kier alpha value is -6.63. The van der Waals surface area contributed by atoms with Gasteiger partial charge in [0.1, 0.15) is 11.2 Å². The lowest BCUT2D eigenvalue weighted by molar-refractivity contribution is 0.669. The minimum Gasteiger partial charge on any atom is -0.456 e. The van der Waals surface area contributed by atoms with E-state index in [4.69, 9.17) is 26.2 Å². The zero-order valence-electron chi connectivity index (χ0n) is 31.7. The fourth-order valence-electron chi connectivity index (χ4n) is 7.25. The first-order valence-corrected chi connectivity index (χ1v) is 17.3. The summed E-state index contributed by atoms with van der Waals surface area (Å²) in [5.41, 5.74) is 6.01. The molecule has 0 unspecified atom stereocenters. The summed E-state index contributed by atoms with van der Waals surface area (Å²) in [6, 6.07) is 40.8. The third-order valence-electron chi connectivity index (χ3n) is 9.55. The molecule has 0 spiro atoms. The van der Waals surface area contributed by atoms with Gasteiger partial charge in [0, 0.05) is 53.7 Å². The van der Waals surface area contributed by atoms with E-state index in [-0.39, 0.29) is 29.3 Å². The molecular weight excluding hydrogens is 645 g/mol. The highest BCUT2D eigenvalue weighted by molar-refractivity contribution is 7.26. The van der Waals surface area contributed by atoms with Gasteiger partial charge in [-0.05, 0) is 54.6 Å². The zero-order valence-corrected chi connectivity index (χ0v) is 27.5. The maximum Gasteiger partial charge on any atom is 0.164 e. The fraction of sp³-hybridized carbons (Fsp3) is 0. The van der Waals surface area contributed by atoms with Crippen molar-refractivity contribution in [1.29, 1.82) is 0 Å². The van der Waals surface area contributed by atoms with Crippen molar-refractivity contribution < 1.29 is 11.3 Å². The molecule has 51 heavy (non-hydrogen) atoms. The number of rotatable bonds is 4. The summed E-state index contributed by atoms with van der Waals surface area (Å²) >= 11 is 1.73. The zero-order chi connectivity index (χ0) is 37.8. The van der Waals surface area contributed by atoms with Gasteiger partial charge >= 0.3 is 0 Å². The van der Waals surface area contributed by atoms with Crippen molar-refractivity contribution in [2.24, 2.45) is 0 Å². The van der Waals surface area contributed by atoms with Crippen molar-refractivity contribution >= 4 is 75.3 Å². The predicted octanol–water partition coefficient (Wildman–Crippen LogP) is 12.2. The minimum absolute atomic E-state index is 0.0179. The second kappa shape index (κ2) is 10.9. The molecule has 0 saturated carbocycles. The van der Waals surface area contributed by atoms with Crippen molar-refractivity contribution in [3.63, 3.8) is 0 Å². The molecule has 0 aliphatic carbocycles. The van der Waals surface area contributed by atoms with E-state index >= 15 is 0 Å². The minimum atomic E-state index is -0.483. The highest BCUT2D eigenvalue weighted by Crippen LogP contribution is 2.42. The summed E-state index contributed by atoms with van der Waals surface area (Å²) in [5, 5.41) is 6.44. The van der Waals surface area contributed by atoms with Gasteiger partial charge in [0.15, 0.2) is 17.5 Å². The number of para-hydroxylation sites is 3. The Morgan fingerprint density at radius 2 is 1.10 bits per heavy atom. The molecule has 0 aliphatic rings. The molecular formula is C45H26N4OS. The van der Waals surface area contributed by atoms with Crippen molar-refractivity contribution in [1.82, 2.24) is 19.5 Å². The maximum absolute atomic E-state index is 8.76. The van der Waals surface area contributed by atoms with Crippen LogP contribution in [-0.4, -0.2) is 19.5 Å². The van der Waals surface area contributed by atoms with Crippen LogP contribution in [0.25, 0.3) is 104 Å². The molecule has 7 aromatic carbocycles. The van der Waals surface area contributed by atoms with Crippen LogP contribution in [0.1, 0.15) is 6.85 Å². The molecule has 0 N–H and O–H groups in total. The highest BCUT2D eigenvalue weighted by atomic mass is 32.1. The van der Waals surface area contributed by atoms with Crippen LogP contribution in [0.5, 0.6) is 0 Å². The van der Waals surface area contributed by atoms with E-state index in [0.29, 0.717) is 22.5 Å². The average molecular weight is 676 g/mol. The van der Waals surface area contributed by atoms with Crippen molar-refractivity contribution in [2.75, 3.05) is 0 Å². The number of fused-ring (bicyclic) bond motifs is 9. The van der Waals surface area contributed by atoms with E-state index in [2.05, 4.69) is 83.4 Å². The number of hydrogen-bond donors (Lipinski definition) is 0. The van der Waals surface area contributed by atoms with Crippen LogP contribution in [0, 0.1) is 0 Å². The fourth-order valence-corrected chi connectivity index (χ4v) is 8.44. The first-order chi connectivity index (χ1) is 27.3. The van der Waals surface area contributed by atoms with Crippen molar-refractivity contribution in [2.45, 2.75) is 0 Å². The van der Waals surface area contributed by atoms with Gasteiger partial charge in [0.2, 0.25) is 0 Å². The molecule has 11 rings (SSSR count). The summed E-state index contributed by atoms with van der Waals surface area (Å²) in [4.78, 5) is 14.5. The lowest BCUT2D eigenvalue weighted by Gasteiger charge is -2.09. The van der Waals surface area contributed by atoms with Crippen LogP contribution in [0.15, 0.2) is 162 Å².